The molecule has 0 saturated carbocycles. The number of anilines is 1. The summed E-state index contributed by atoms with van der Waals surface area (Å²) in [7, 11) is 1.41. The number of rotatable bonds is 11. The van der Waals surface area contributed by atoms with Crippen LogP contribution in [0.4, 0.5) is 5.69 Å². The number of hydrogen-bond acceptors (Lipinski definition) is 9. The summed E-state index contributed by atoms with van der Waals surface area (Å²) >= 11 is 11.3. The lowest BCUT2D eigenvalue weighted by molar-refractivity contribution is -0.157. The molecule has 3 N–H and O–H groups in total. The number of benzene rings is 1. The number of nitrogens with zero attached hydrogens (tertiary/aromatic N) is 1. The summed E-state index contributed by atoms with van der Waals surface area (Å²) in [6.07, 6.45) is -2.61. The topological polar surface area (TPSA) is 160 Å². The fourth-order valence-corrected chi connectivity index (χ4v) is 7.65. The van der Waals surface area contributed by atoms with Gasteiger partial charge in [-0.25, -0.2) is 0 Å². The van der Waals surface area contributed by atoms with Gasteiger partial charge in [-0.1, -0.05) is 0 Å². The van der Waals surface area contributed by atoms with Gasteiger partial charge in [0.1, 0.15) is 12.7 Å². The summed E-state index contributed by atoms with van der Waals surface area (Å²) in [6.45, 7) is 1.24. The summed E-state index contributed by atoms with van der Waals surface area (Å²) in [5.74, 6) is -2.52. The van der Waals surface area contributed by atoms with Gasteiger partial charge in [-0.05, 0) is 79.4 Å². The highest BCUT2D eigenvalue weighted by Crippen LogP contribution is 2.37. The highest BCUT2D eigenvalue weighted by atomic mass is 127. The molecule has 0 bridgehead atoms. The lowest BCUT2D eigenvalue weighted by Gasteiger charge is -2.24. The third kappa shape index (κ3) is 9.52. The Bertz CT molecular complexity index is 1020. The molecule has 2 atom stereocenters. The third-order valence-corrected chi connectivity index (χ3v) is 7.68. The minimum Gasteiger partial charge on any atom is -0.462 e. The number of hydrogen-bond donors (Lipinski definition) is 3. The van der Waals surface area contributed by atoms with Crippen molar-refractivity contribution in [2.24, 2.45) is 0 Å². The quantitative estimate of drug-likeness (QED) is 0.172. The number of aliphatic hydroxyl groups is 2. The maximum atomic E-state index is 13.2. The number of ether oxygens (including phenoxy) is 2. The second-order valence-electron chi connectivity index (χ2n) is 7.15. The smallest absolute Gasteiger partial charge is 0.303 e. The van der Waals surface area contributed by atoms with Crippen LogP contribution in [0.25, 0.3) is 0 Å². The molecule has 0 aliphatic carbocycles. The summed E-state index contributed by atoms with van der Waals surface area (Å²) in [5, 5.41) is 20.5. The van der Waals surface area contributed by atoms with E-state index >= 15 is 0 Å². The Hall–Kier alpha value is -0.830. The molecule has 0 radical (unpaired) electrons. The molecular formula is C20H22ClI3N2O9. The van der Waals surface area contributed by atoms with Crippen LogP contribution in [-0.4, -0.2) is 83.1 Å². The summed E-state index contributed by atoms with van der Waals surface area (Å²) in [4.78, 5) is 61.8. The molecule has 2 amide bonds. The van der Waals surface area contributed by atoms with E-state index in [1.54, 1.807) is 22.6 Å². The van der Waals surface area contributed by atoms with Gasteiger partial charge in [0.2, 0.25) is 5.91 Å². The van der Waals surface area contributed by atoms with Crippen LogP contribution in [0.1, 0.15) is 41.0 Å². The number of aliphatic hydroxyl groups excluding tert-OH is 2. The molecule has 2 unspecified atom stereocenters. The molecule has 0 fully saturated rings. The highest BCUT2D eigenvalue weighted by molar-refractivity contribution is 14.1. The average Bonchev–Trinajstić information content (AvgIpc) is 2.74. The van der Waals surface area contributed by atoms with E-state index in [-0.39, 0.29) is 43.5 Å². The second kappa shape index (κ2) is 14.8. The van der Waals surface area contributed by atoms with E-state index < -0.39 is 47.8 Å². The Morgan fingerprint density at radius 1 is 1.03 bits per heavy atom. The van der Waals surface area contributed by atoms with Crippen molar-refractivity contribution in [3.05, 3.63) is 21.8 Å². The van der Waals surface area contributed by atoms with Gasteiger partial charge in [-0.15, -0.1) is 0 Å². The molecular weight excluding hydrogens is 828 g/mol. The number of esters is 2. The molecule has 1 rings (SSSR count). The Labute approximate surface area is 247 Å². The van der Waals surface area contributed by atoms with Gasteiger partial charge in [-0.2, -0.15) is 0 Å². The molecule has 0 saturated heterocycles. The van der Waals surface area contributed by atoms with E-state index in [1.165, 1.54) is 14.0 Å². The van der Waals surface area contributed by atoms with Crippen LogP contribution in [0.5, 0.6) is 0 Å². The molecule has 194 valence electrons. The van der Waals surface area contributed by atoms with Gasteiger partial charge in [0.25, 0.3) is 11.1 Å². The fourth-order valence-electron chi connectivity index (χ4n) is 2.76. The van der Waals surface area contributed by atoms with Gasteiger partial charge in [0, 0.05) is 31.0 Å². The predicted octanol–water partition coefficient (Wildman–Crippen LogP) is 2.13. The number of carbonyl (C=O) groups is 5. The highest BCUT2D eigenvalue weighted by Gasteiger charge is 2.30. The zero-order valence-electron chi connectivity index (χ0n) is 18.7. The van der Waals surface area contributed by atoms with Gasteiger partial charge in [0.05, 0.1) is 43.1 Å². The van der Waals surface area contributed by atoms with E-state index in [9.17, 15) is 29.1 Å². The number of carbonyl (C=O) groups excluding carboxylic acids is 5. The summed E-state index contributed by atoms with van der Waals surface area (Å²) in [5.41, 5.74) is 0.198. The molecule has 0 aromatic heterocycles. The molecule has 11 nitrogen and oxygen atoms in total. The normalized spacial score (nSPS) is 12.4. The fraction of sp³-hybridized carbons (Fsp3) is 0.450. The first-order valence-electron chi connectivity index (χ1n) is 9.76. The van der Waals surface area contributed by atoms with Crippen molar-refractivity contribution < 1.29 is 43.7 Å². The monoisotopic (exact) mass is 850 g/mol. The Kier molecular flexibility index (Phi) is 13.6. The minimum atomic E-state index is -1.17. The minimum absolute atomic E-state index is 0.000474. The van der Waals surface area contributed by atoms with Crippen LogP contribution in [-0.2, 0) is 23.9 Å². The molecule has 1 aromatic carbocycles. The Balaban J connectivity index is 3.41. The van der Waals surface area contributed by atoms with Gasteiger partial charge >= 0.3 is 11.9 Å². The largest absolute Gasteiger partial charge is 0.462 e. The number of likely N-dealkylation sites (N-methyl/N-ethyl adjacent to an activating group) is 1. The van der Waals surface area contributed by atoms with Crippen LogP contribution in [0.2, 0.25) is 0 Å². The molecule has 35 heavy (non-hydrogen) atoms. The SMILES string of the molecule is CC(=O)OCC(CC(=O)Nc1c(I)c(C(=O)Cl)c(I)c(C(=O)N(C)CC(O)CO)c1I)OC(C)=O. The zero-order chi connectivity index (χ0) is 27.0. The maximum absolute atomic E-state index is 13.2. The van der Waals surface area contributed by atoms with Crippen LogP contribution in [0, 0.1) is 10.7 Å². The van der Waals surface area contributed by atoms with E-state index in [4.69, 9.17) is 26.2 Å². The number of halogens is 4. The lowest BCUT2D eigenvalue weighted by Crippen LogP contribution is -2.37. The molecule has 0 heterocycles. The van der Waals surface area contributed by atoms with Gasteiger partial charge in [0.15, 0.2) is 0 Å². The van der Waals surface area contributed by atoms with Crippen molar-refractivity contribution in [3.63, 3.8) is 0 Å². The van der Waals surface area contributed by atoms with Gasteiger partial charge in [-0.3, -0.25) is 24.0 Å². The van der Waals surface area contributed by atoms with Crippen LogP contribution in [0.3, 0.4) is 0 Å². The molecule has 15 heteroatoms. The van der Waals surface area contributed by atoms with Crippen molar-refractivity contribution in [1.82, 2.24) is 4.90 Å². The van der Waals surface area contributed by atoms with E-state index in [1.807, 2.05) is 45.2 Å². The van der Waals surface area contributed by atoms with Crippen molar-refractivity contribution in [2.45, 2.75) is 32.5 Å². The number of amides is 2. The predicted molar refractivity (Wildman–Crippen MR) is 150 cm³/mol. The van der Waals surface area contributed by atoms with E-state index in [0.29, 0.717) is 3.57 Å². The lowest BCUT2D eigenvalue weighted by atomic mass is 10.1. The Morgan fingerprint density at radius 3 is 2.09 bits per heavy atom. The molecule has 0 aliphatic heterocycles. The first-order chi connectivity index (χ1) is 16.2. The zero-order valence-corrected chi connectivity index (χ0v) is 25.9. The first kappa shape index (κ1) is 32.2. The van der Waals surface area contributed by atoms with E-state index in [2.05, 4.69) is 5.32 Å². The second-order valence-corrected chi connectivity index (χ2v) is 10.7. The van der Waals surface area contributed by atoms with Crippen molar-refractivity contribution in [1.29, 1.82) is 0 Å². The molecule has 0 spiro atoms. The number of nitrogens with one attached hydrogen (secondary N) is 1. The standard InChI is InChI=1S/C20H22ClI3N2O9/c1-8(28)34-7-11(35-9(2)29)4-12(31)25-18-16(23)13(19(21)32)15(22)14(17(18)24)20(33)26(3)5-10(30)6-27/h10-11,27,30H,4-7H2,1-3H3,(H,25,31). The van der Waals surface area contributed by atoms with Crippen LogP contribution < -0.4 is 5.32 Å². The van der Waals surface area contributed by atoms with E-state index in [0.717, 1.165) is 11.8 Å². The van der Waals surface area contributed by atoms with Crippen molar-refractivity contribution in [2.75, 3.05) is 32.1 Å². The maximum Gasteiger partial charge on any atom is 0.303 e. The van der Waals surface area contributed by atoms with Gasteiger partial charge < -0.3 is 29.9 Å². The molecule has 0 aliphatic rings. The average molecular weight is 851 g/mol. The third-order valence-electron chi connectivity index (χ3n) is 4.25. The van der Waals surface area contributed by atoms with Crippen LogP contribution >= 0.6 is 79.4 Å². The first-order valence-corrected chi connectivity index (χ1v) is 13.4. The summed E-state index contributed by atoms with van der Waals surface area (Å²) in [6, 6.07) is 0. The summed E-state index contributed by atoms with van der Waals surface area (Å²) < 4.78 is 10.7. The Morgan fingerprint density at radius 2 is 1.60 bits per heavy atom. The van der Waals surface area contributed by atoms with Crippen molar-refractivity contribution >= 4 is 114 Å². The van der Waals surface area contributed by atoms with Crippen molar-refractivity contribution in [3.8, 4) is 0 Å². The molecule has 1 aromatic rings. The van der Waals surface area contributed by atoms with Crippen LogP contribution in [0.15, 0.2) is 0 Å².